The molecule has 0 unspecified atom stereocenters. The molecule has 21 heavy (non-hydrogen) atoms. The zero-order valence-electron chi connectivity index (χ0n) is 13.7. The average molecular weight is 289 g/mol. The molecular weight excluding hydrogens is 258 g/mol. The largest absolute Gasteiger partial charge is 0.397 e. The lowest BCUT2D eigenvalue weighted by Gasteiger charge is -2.20. The molecule has 0 bridgehead atoms. The van der Waals surface area contributed by atoms with E-state index < -0.39 is 0 Å². The molecule has 0 radical (unpaired) electrons. The first kappa shape index (κ1) is 16.2. The first-order valence-electron chi connectivity index (χ1n) is 8.51. The number of nitrogens with one attached hydrogen (secondary N) is 1. The Morgan fingerprint density at radius 2 is 1.95 bits per heavy atom. The van der Waals surface area contributed by atoms with Crippen LogP contribution in [0.2, 0.25) is 0 Å². The Labute approximate surface area is 129 Å². The van der Waals surface area contributed by atoms with Crippen molar-refractivity contribution in [2.75, 3.05) is 36.8 Å². The van der Waals surface area contributed by atoms with Crippen molar-refractivity contribution in [3.8, 4) is 0 Å². The number of nitrogens with zero attached hydrogens (tertiary/aromatic N) is 1. The average Bonchev–Trinajstić information content (AvgIpc) is 2.96. The summed E-state index contributed by atoms with van der Waals surface area (Å²) in [6.07, 6.45) is 6.14. The summed E-state index contributed by atoms with van der Waals surface area (Å²) in [5.74, 6) is 0.787. The maximum atomic E-state index is 6.23. The fraction of sp³-hybridized carbons (Fsp3) is 0.667. The predicted molar refractivity (Wildman–Crippen MR) is 92.9 cm³/mol. The highest BCUT2D eigenvalue weighted by atomic mass is 15.1. The molecule has 0 amide bonds. The van der Waals surface area contributed by atoms with Gasteiger partial charge in [-0.15, -0.1) is 0 Å². The van der Waals surface area contributed by atoms with Gasteiger partial charge in [0.15, 0.2) is 0 Å². The number of benzene rings is 1. The lowest BCUT2D eigenvalue weighted by molar-refractivity contribution is 0.532. The van der Waals surface area contributed by atoms with Crippen LogP contribution in [0, 0.1) is 5.92 Å². The Morgan fingerprint density at radius 3 is 2.62 bits per heavy atom. The summed E-state index contributed by atoms with van der Waals surface area (Å²) >= 11 is 0. The van der Waals surface area contributed by atoms with Crippen molar-refractivity contribution in [1.29, 1.82) is 0 Å². The maximum absolute atomic E-state index is 6.23. The molecule has 118 valence electrons. The molecule has 1 aliphatic rings. The van der Waals surface area contributed by atoms with Crippen LogP contribution in [0.3, 0.4) is 0 Å². The maximum Gasteiger partial charge on any atom is 0.0600 e. The summed E-state index contributed by atoms with van der Waals surface area (Å²) in [4.78, 5) is 2.41. The van der Waals surface area contributed by atoms with E-state index in [9.17, 15) is 0 Å². The second-order valence-electron chi connectivity index (χ2n) is 6.62. The smallest absolute Gasteiger partial charge is 0.0600 e. The lowest BCUT2D eigenvalue weighted by atomic mass is 10.1. The molecule has 2 rings (SSSR count). The van der Waals surface area contributed by atoms with E-state index in [2.05, 4.69) is 42.3 Å². The molecule has 1 aromatic carbocycles. The Bertz CT molecular complexity index is 422. The molecule has 1 fully saturated rings. The van der Waals surface area contributed by atoms with E-state index in [4.69, 9.17) is 5.73 Å². The van der Waals surface area contributed by atoms with Crippen molar-refractivity contribution in [2.24, 2.45) is 5.92 Å². The highest BCUT2D eigenvalue weighted by molar-refractivity contribution is 5.68. The summed E-state index contributed by atoms with van der Waals surface area (Å²) in [7, 11) is 0. The molecule has 0 aromatic heterocycles. The molecule has 1 aliphatic heterocycles. The molecule has 0 spiro atoms. The van der Waals surface area contributed by atoms with Crippen molar-refractivity contribution in [2.45, 2.75) is 46.0 Å². The summed E-state index contributed by atoms with van der Waals surface area (Å²) < 4.78 is 0. The number of nitrogen functional groups attached to an aromatic ring is 1. The fourth-order valence-electron chi connectivity index (χ4n) is 2.94. The number of aryl methyl sites for hydroxylation is 1. The van der Waals surface area contributed by atoms with Gasteiger partial charge in [0.2, 0.25) is 0 Å². The fourth-order valence-corrected chi connectivity index (χ4v) is 2.94. The van der Waals surface area contributed by atoms with Crippen LogP contribution in [0.4, 0.5) is 11.4 Å². The minimum Gasteiger partial charge on any atom is -0.397 e. The number of hydrogen-bond donors (Lipinski definition) is 2. The van der Waals surface area contributed by atoms with Crippen molar-refractivity contribution in [3.63, 3.8) is 0 Å². The van der Waals surface area contributed by atoms with Crippen LogP contribution in [0.1, 0.15) is 45.1 Å². The van der Waals surface area contributed by atoms with E-state index in [1.54, 1.807) is 0 Å². The molecule has 0 aliphatic carbocycles. The zero-order chi connectivity index (χ0) is 15.1. The zero-order valence-corrected chi connectivity index (χ0v) is 13.7. The van der Waals surface area contributed by atoms with Gasteiger partial charge in [0, 0.05) is 13.1 Å². The molecule has 0 atom stereocenters. The molecule has 3 heteroatoms. The van der Waals surface area contributed by atoms with E-state index >= 15 is 0 Å². The molecule has 1 saturated heterocycles. The monoisotopic (exact) mass is 289 g/mol. The lowest BCUT2D eigenvalue weighted by Crippen LogP contribution is -2.19. The van der Waals surface area contributed by atoms with Gasteiger partial charge in [-0.2, -0.15) is 0 Å². The van der Waals surface area contributed by atoms with E-state index in [1.807, 2.05) is 0 Å². The molecule has 0 saturated carbocycles. The second kappa shape index (κ2) is 8.28. The number of anilines is 2. The minimum absolute atomic E-state index is 0.787. The van der Waals surface area contributed by atoms with Crippen LogP contribution in [0.25, 0.3) is 0 Å². The molecule has 1 heterocycles. The molecule has 3 N–H and O–H groups in total. The van der Waals surface area contributed by atoms with Crippen LogP contribution >= 0.6 is 0 Å². The van der Waals surface area contributed by atoms with Gasteiger partial charge in [-0.1, -0.05) is 19.9 Å². The summed E-state index contributed by atoms with van der Waals surface area (Å²) in [6.45, 7) is 9.08. The third kappa shape index (κ3) is 5.24. The normalized spacial score (nSPS) is 15.1. The van der Waals surface area contributed by atoms with Gasteiger partial charge >= 0.3 is 0 Å². The topological polar surface area (TPSA) is 41.3 Å². The van der Waals surface area contributed by atoms with Crippen molar-refractivity contribution < 1.29 is 0 Å². The summed E-state index contributed by atoms with van der Waals surface area (Å²) in [5, 5.41) is 3.52. The number of nitrogens with two attached hydrogens (primary N) is 1. The summed E-state index contributed by atoms with van der Waals surface area (Å²) in [5.41, 5.74) is 9.77. The Kier molecular flexibility index (Phi) is 6.37. The number of rotatable bonds is 8. The predicted octanol–water partition coefficient (Wildman–Crippen LogP) is 3.44. The van der Waals surface area contributed by atoms with Gasteiger partial charge in [-0.3, -0.25) is 0 Å². The Balaban J connectivity index is 1.73. The van der Waals surface area contributed by atoms with E-state index in [0.29, 0.717) is 0 Å². The molecular formula is C18H31N3. The van der Waals surface area contributed by atoms with Crippen LogP contribution in [0.5, 0.6) is 0 Å². The van der Waals surface area contributed by atoms with E-state index in [1.165, 1.54) is 36.9 Å². The van der Waals surface area contributed by atoms with Gasteiger partial charge < -0.3 is 16.0 Å². The van der Waals surface area contributed by atoms with E-state index in [0.717, 1.165) is 44.2 Å². The van der Waals surface area contributed by atoms with Gasteiger partial charge in [0.05, 0.1) is 11.4 Å². The Hall–Kier alpha value is -1.22. The first-order valence-corrected chi connectivity index (χ1v) is 8.51. The number of hydrogen-bond acceptors (Lipinski definition) is 3. The molecule has 3 nitrogen and oxygen atoms in total. The standard InChI is InChI=1S/C18H31N3/c1-15(2)9-11-20-10-5-6-16-7-8-18(17(19)14-16)21-12-3-4-13-21/h7-8,14-15,20H,3-6,9-13,19H2,1-2H3. The van der Waals surface area contributed by atoms with Gasteiger partial charge in [-0.25, -0.2) is 0 Å². The molecule has 1 aromatic rings. The first-order chi connectivity index (χ1) is 10.2. The SMILES string of the molecule is CC(C)CCNCCCc1ccc(N2CCCC2)c(N)c1. The van der Waals surface area contributed by atoms with Gasteiger partial charge in [-0.05, 0) is 68.8 Å². The van der Waals surface area contributed by atoms with Crippen LogP contribution in [0.15, 0.2) is 18.2 Å². The van der Waals surface area contributed by atoms with E-state index in [-0.39, 0.29) is 0 Å². The minimum atomic E-state index is 0.787. The van der Waals surface area contributed by atoms with Gasteiger partial charge in [0.1, 0.15) is 0 Å². The second-order valence-corrected chi connectivity index (χ2v) is 6.62. The summed E-state index contributed by atoms with van der Waals surface area (Å²) in [6, 6.07) is 6.63. The Morgan fingerprint density at radius 1 is 1.19 bits per heavy atom. The quantitative estimate of drug-likeness (QED) is 0.569. The highest BCUT2D eigenvalue weighted by Crippen LogP contribution is 2.27. The van der Waals surface area contributed by atoms with Crippen molar-refractivity contribution >= 4 is 11.4 Å². The van der Waals surface area contributed by atoms with Crippen molar-refractivity contribution in [3.05, 3.63) is 23.8 Å². The van der Waals surface area contributed by atoms with Crippen LogP contribution in [-0.2, 0) is 6.42 Å². The van der Waals surface area contributed by atoms with Crippen molar-refractivity contribution in [1.82, 2.24) is 5.32 Å². The highest BCUT2D eigenvalue weighted by Gasteiger charge is 2.14. The van der Waals surface area contributed by atoms with Crippen LogP contribution < -0.4 is 16.0 Å². The third-order valence-corrected chi connectivity index (χ3v) is 4.26. The van der Waals surface area contributed by atoms with Gasteiger partial charge in [0.25, 0.3) is 0 Å². The van der Waals surface area contributed by atoms with Crippen LogP contribution in [-0.4, -0.2) is 26.2 Å². The third-order valence-electron chi connectivity index (χ3n) is 4.26.